The van der Waals surface area contributed by atoms with E-state index in [1.807, 2.05) is 0 Å². The third kappa shape index (κ3) is 1.16. The Kier molecular flexibility index (Phi) is 1.71. The summed E-state index contributed by atoms with van der Waals surface area (Å²) in [6.07, 6.45) is 3.38. The Morgan fingerprint density at radius 3 is 2.80 bits per heavy atom. The predicted octanol–water partition coefficient (Wildman–Crippen LogP) is 1.77. The molecule has 0 aromatic carbocycles. The van der Waals surface area contributed by atoms with Gasteiger partial charge in [-0.2, -0.15) is 0 Å². The Hall–Kier alpha value is -1.31. The van der Waals surface area contributed by atoms with Gasteiger partial charge < -0.3 is 4.98 Å². The minimum Gasteiger partial charge on any atom is -0.367 e. The lowest BCUT2D eigenvalue weighted by atomic mass is 10.1. The molecule has 1 aromatic rings. The molecule has 0 saturated carbocycles. The fraction of sp³-hybridized carbons (Fsp3) is 0.125. The number of aromatic nitrogens is 1. The second kappa shape index (κ2) is 2.52. The van der Waals surface area contributed by atoms with E-state index >= 15 is 0 Å². The highest BCUT2D eigenvalue weighted by Crippen LogP contribution is 2.03. The third-order valence-electron chi connectivity index (χ3n) is 1.25. The highest BCUT2D eigenvalue weighted by atomic mass is 16.1. The number of hydrogen-bond acceptors (Lipinski definition) is 1. The Morgan fingerprint density at radius 2 is 2.40 bits per heavy atom. The minimum atomic E-state index is 0.00116. The molecule has 2 heteroatoms. The highest BCUT2D eigenvalue weighted by molar-refractivity contribution is 6.07. The number of carbonyl (C=O) groups is 1. The summed E-state index contributed by atoms with van der Waals surface area (Å²) in [6.45, 7) is 5.25. The SMILES string of the molecule is C=C(C)C(=O)c1cc[nH]c1. The van der Waals surface area contributed by atoms with Gasteiger partial charge in [-0.05, 0) is 18.6 Å². The zero-order chi connectivity index (χ0) is 7.56. The molecule has 0 atom stereocenters. The molecule has 10 heavy (non-hydrogen) atoms. The van der Waals surface area contributed by atoms with E-state index in [-0.39, 0.29) is 5.78 Å². The molecule has 52 valence electrons. The van der Waals surface area contributed by atoms with Gasteiger partial charge in [-0.1, -0.05) is 6.58 Å². The number of nitrogens with one attached hydrogen (secondary N) is 1. The molecule has 1 heterocycles. The molecule has 0 aliphatic rings. The largest absolute Gasteiger partial charge is 0.367 e. The Labute approximate surface area is 59.6 Å². The van der Waals surface area contributed by atoms with Gasteiger partial charge in [-0.15, -0.1) is 0 Å². The van der Waals surface area contributed by atoms with Gasteiger partial charge in [0.1, 0.15) is 0 Å². The number of aromatic amines is 1. The van der Waals surface area contributed by atoms with E-state index in [4.69, 9.17) is 0 Å². The van der Waals surface area contributed by atoms with Crippen LogP contribution in [0.3, 0.4) is 0 Å². The highest BCUT2D eigenvalue weighted by Gasteiger charge is 2.04. The van der Waals surface area contributed by atoms with Crippen molar-refractivity contribution in [2.75, 3.05) is 0 Å². The molecule has 0 spiro atoms. The molecule has 1 aromatic heterocycles. The third-order valence-corrected chi connectivity index (χ3v) is 1.25. The topological polar surface area (TPSA) is 32.9 Å². The van der Waals surface area contributed by atoms with Gasteiger partial charge >= 0.3 is 0 Å². The van der Waals surface area contributed by atoms with Gasteiger partial charge in [0.05, 0.1) is 0 Å². The minimum absolute atomic E-state index is 0.00116. The van der Waals surface area contributed by atoms with Crippen LogP contribution < -0.4 is 0 Å². The summed E-state index contributed by atoms with van der Waals surface area (Å²) in [4.78, 5) is 13.9. The van der Waals surface area contributed by atoms with Gasteiger partial charge in [0, 0.05) is 18.0 Å². The van der Waals surface area contributed by atoms with Crippen LogP contribution >= 0.6 is 0 Å². The van der Waals surface area contributed by atoms with Crippen molar-refractivity contribution in [2.24, 2.45) is 0 Å². The quantitative estimate of drug-likeness (QED) is 0.486. The monoisotopic (exact) mass is 135 g/mol. The molecule has 0 saturated heterocycles. The molecule has 0 radical (unpaired) electrons. The first-order chi connectivity index (χ1) is 4.72. The van der Waals surface area contributed by atoms with E-state index in [9.17, 15) is 4.79 Å². The van der Waals surface area contributed by atoms with Crippen molar-refractivity contribution in [1.82, 2.24) is 4.98 Å². The summed E-state index contributed by atoms with van der Waals surface area (Å²) in [7, 11) is 0. The normalized spacial score (nSPS) is 9.30. The average Bonchev–Trinajstić information content (AvgIpc) is 2.36. The zero-order valence-corrected chi connectivity index (χ0v) is 5.85. The van der Waals surface area contributed by atoms with Crippen LogP contribution in [0.25, 0.3) is 0 Å². The number of carbonyl (C=O) groups excluding carboxylic acids is 1. The van der Waals surface area contributed by atoms with Crippen LogP contribution in [-0.4, -0.2) is 10.8 Å². The van der Waals surface area contributed by atoms with Gasteiger partial charge in [0.25, 0.3) is 0 Å². The molecule has 1 rings (SSSR count). The lowest BCUT2D eigenvalue weighted by Crippen LogP contribution is -1.96. The summed E-state index contributed by atoms with van der Waals surface area (Å²) in [6, 6.07) is 1.73. The van der Waals surface area contributed by atoms with Gasteiger partial charge in [-0.25, -0.2) is 0 Å². The number of Topliss-reactive ketones (excluding diaryl/α,β-unsaturated/α-hetero) is 1. The fourth-order valence-electron chi connectivity index (χ4n) is 0.712. The molecule has 1 N–H and O–H groups in total. The molecular formula is C8H9NO. The van der Waals surface area contributed by atoms with Gasteiger partial charge in [-0.3, -0.25) is 4.79 Å². The summed E-state index contributed by atoms with van der Waals surface area (Å²) in [5, 5.41) is 0. The first-order valence-corrected chi connectivity index (χ1v) is 3.05. The Balaban J connectivity index is 2.88. The van der Waals surface area contributed by atoms with Crippen molar-refractivity contribution in [3.05, 3.63) is 36.2 Å². The maximum Gasteiger partial charge on any atom is 0.189 e. The van der Waals surface area contributed by atoms with Crippen molar-refractivity contribution >= 4 is 5.78 Å². The predicted molar refractivity (Wildman–Crippen MR) is 39.9 cm³/mol. The fourth-order valence-corrected chi connectivity index (χ4v) is 0.712. The lowest BCUT2D eigenvalue weighted by molar-refractivity contribution is 0.103. The van der Waals surface area contributed by atoms with Crippen LogP contribution in [0.15, 0.2) is 30.6 Å². The standard InChI is InChI=1S/C8H9NO/c1-6(2)8(10)7-3-4-9-5-7/h3-5,9H,1H2,2H3. The Morgan fingerprint density at radius 1 is 1.70 bits per heavy atom. The van der Waals surface area contributed by atoms with E-state index in [1.54, 1.807) is 25.4 Å². The van der Waals surface area contributed by atoms with E-state index < -0.39 is 0 Å². The maximum absolute atomic E-state index is 11.1. The summed E-state index contributed by atoms with van der Waals surface area (Å²) >= 11 is 0. The Bertz CT molecular complexity index is 246. The van der Waals surface area contributed by atoms with E-state index in [0.717, 1.165) is 0 Å². The molecule has 0 bridgehead atoms. The number of allylic oxidation sites excluding steroid dienone is 1. The molecular weight excluding hydrogens is 126 g/mol. The summed E-state index contributed by atoms with van der Waals surface area (Å²) in [5.74, 6) is 0.00116. The van der Waals surface area contributed by atoms with Crippen molar-refractivity contribution in [3.8, 4) is 0 Å². The van der Waals surface area contributed by atoms with Crippen molar-refractivity contribution in [2.45, 2.75) is 6.92 Å². The number of ketones is 1. The molecule has 0 unspecified atom stereocenters. The van der Waals surface area contributed by atoms with Crippen molar-refractivity contribution < 1.29 is 4.79 Å². The number of rotatable bonds is 2. The molecule has 2 nitrogen and oxygen atoms in total. The molecule has 0 aliphatic heterocycles. The summed E-state index contributed by atoms with van der Waals surface area (Å²) in [5.41, 5.74) is 1.24. The van der Waals surface area contributed by atoms with Crippen LogP contribution in [0.1, 0.15) is 17.3 Å². The average molecular weight is 135 g/mol. The van der Waals surface area contributed by atoms with E-state index in [1.165, 1.54) is 0 Å². The first kappa shape index (κ1) is 6.81. The van der Waals surface area contributed by atoms with Crippen LogP contribution in [0.2, 0.25) is 0 Å². The van der Waals surface area contributed by atoms with Crippen LogP contribution in [0.4, 0.5) is 0 Å². The lowest BCUT2D eigenvalue weighted by Gasteiger charge is -1.91. The molecule has 0 amide bonds. The second-order valence-corrected chi connectivity index (χ2v) is 2.21. The van der Waals surface area contributed by atoms with Gasteiger partial charge in [0.2, 0.25) is 0 Å². The summed E-state index contributed by atoms with van der Waals surface area (Å²) < 4.78 is 0. The zero-order valence-electron chi connectivity index (χ0n) is 5.85. The maximum atomic E-state index is 11.1. The smallest absolute Gasteiger partial charge is 0.189 e. The van der Waals surface area contributed by atoms with Crippen LogP contribution in [-0.2, 0) is 0 Å². The van der Waals surface area contributed by atoms with E-state index in [2.05, 4.69) is 11.6 Å². The molecule has 0 fully saturated rings. The number of hydrogen-bond donors (Lipinski definition) is 1. The van der Waals surface area contributed by atoms with Crippen LogP contribution in [0.5, 0.6) is 0 Å². The van der Waals surface area contributed by atoms with Crippen molar-refractivity contribution in [1.29, 1.82) is 0 Å². The second-order valence-electron chi connectivity index (χ2n) is 2.21. The first-order valence-electron chi connectivity index (χ1n) is 3.05. The van der Waals surface area contributed by atoms with Crippen molar-refractivity contribution in [3.63, 3.8) is 0 Å². The van der Waals surface area contributed by atoms with E-state index in [0.29, 0.717) is 11.1 Å². The molecule has 0 aliphatic carbocycles. The van der Waals surface area contributed by atoms with Gasteiger partial charge in [0.15, 0.2) is 5.78 Å². The van der Waals surface area contributed by atoms with Crippen LogP contribution in [0, 0.1) is 0 Å². The number of H-pyrrole nitrogens is 1.